The molecule has 0 radical (unpaired) electrons. The standard InChI is InChI=1S/C23H26FN3O2/c1-16-2-4-17(5-3-16)12-19-14-27(15-19)23(29)25-21-10-11-26(22(21)28)13-18-6-8-20(24)9-7-18/h2-9,19,21H,10-15H2,1H3,(H,25,29). The van der Waals surface area contributed by atoms with Crippen molar-refractivity contribution in [3.63, 3.8) is 0 Å². The topological polar surface area (TPSA) is 52.7 Å². The fourth-order valence-electron chi connectivity index (χ4n) is 4.00. The minimum Gasteiger partial charge on any atom is -0.336 e. The van der Waals surface area contributed by atoms with Gasteiger partial charge in [0, 0.05) is 26.2 Å². The lowest BCUT2D eigenvalue weighted by atomic mass is 9.92. The number of rotatable bonds is 5. The van der Waals surface area contributed by atoms with Crippen LogP contribution in [0.1, 0.15) is 23.1 Å². The summed E-state index contributed by atoms with van der Waals surface area (Å²) in [5.41, 5.74) is 3.43. The number of carbonyl (C=O) groups excluding carboxylic acids is 2. The Balaban J connectivity index is 1.22. The van der Waals surface area contributed by atoms with Crippen molar-refractivity contribution in [2.24, 2.45) is 5.92 Å². The van der Waals surface area contributed by atoms with Crippen molar-refractivity contribution < 1.29 is 14.0 Å². The van der Waals surface area contributed by atoms with E-state index in [-0.39, 0.29) is 17.8 Å². The van der Waals surface area contributed by atoms with Gasteiger partial charge in [0.25, 0.3) is 0 Å². The zero-order valence-electron chi connectivity index (χ0n) is 16.6. The SMILES string of the molecule is Cc1ccc(CC2CN(C(=O)NC3CCN(Cc4ccc(F)cc4)C3=O)C2)cc1. The van der Waals surface area contributed by atoms with Crippen molar-refractivity contribution in [3.8, 4) is 0 Å². The number of likely N-dealkylation sites (tertiary alicyclic amines) is 2. The minimum atomic E-state index is -0.473. The van der Waals surface area contributed by atoms with Crippen LogP contribution in [-0.4, -0.2) is 47.4 Å². The van der Waals surface area contributed by atoms with E-state index in [4.69, 9.17) is 0 Å². The molecule has 2 aromatic carbocycles. The van der Waals surface area contributed by atoms with E-state index >= 15 is 0 Å². The van der Waals surface area contributed by atoms with E-state index in [2.05, 4.69) is 36.5 Å². The summed E-state index contributed by atoms with van der Waals surface area (Å²) in [6.07, 6.45) is 1.57. The first-order valence-electron chi connectivity index (χ1n) is 10.1. The molecule has 2 aliphatic rings. The number of carbonyl (C=O) groups is 2. The Bertz CT molecular complexity index is 876. The Labute approximate surface area is 170 Å². The normalized spacial score (nSPS) is 19.4. The van der Waals surface area contributed by atoms with Crippen LogP contribution in [0.2, 0.25) is 0 Å². The van der Waals surface area contributed by atoms with Gasteiger partial charge < -0.3 is 15.1 Å². The fourth-order valence-corrected chi connectivity index (χ4v) is 4.00. The molecule has 0 aromatic heterocycles. The minimum absolute atomic E-state index is 0.0700. The van der Waals surface area contributed by atoms with Gasteiger partial charge in [-0.3, -0.25) is 4.79 Å². The van der Waals surface area contributed by atoms with E-state index in [1.54, 1.807) is 21.9 Å². The summed E-state index contributed by atoms with van der Waals surface area (Å²) in [6.45, 7) is 4.55. The maximum absolute atomic E-state index is 13.0. The Morgan fingerprint density at radius 2 is 1.72 bits per heavy atom. The highest BCUT2D eigenvalue weighted by molar-refractivity contribution is 5.88. The predicted molar refractivity (Wildman–Crippen MR) is 109 cm³/mol. The molecule has 152 valence electrons. The number of nitrogens with zero attached hydrogens (tertiary/aromatic N) is 2. The van der Waals surface area contributed by atoms with Crippen LogP contribution in [0.15, 0.2) is 48.5 Å². The average Bonchev–Trinajstić information content (AvgIpc) is 3.01. The molecule has 1 unspecified atom stereocenters. The highest BCUT2D eigenvalue weighted by Crippen LogP contribution is 2.22. The van der Waals surface area contributed by atoms with Gasteiger partial charge in [-0.1, -0.05) is 42.0 Å². The number of amides is 3. The van der Waals surface area contributed by atoms with Gasteiger partial charge in [-0.15, -0.1) is 0 Å². The molecule has 2 aliphatic heterocycles. The van der Waals surface area contributed by atoms with E-state index < -0.39 is 6.04 Å². The lowest BCUT2D eigenvalue weighted by molar-refractivity contribution is -0.129. The second-order valence-corrected chi connectivity index (χ2v) is 8.14. The van der Waals surface area contributed by atoms with Gasteiger partial charge in [-0.25, -0.2) is 9.18 Å². The van der Waals surface area contributed by atoms with Crippen LogP contribution in [-0.2, 0) is 17.8 Å². The highest BCUT2D eigenvalue weighted by atomic mass is 19.1. The van der Waals surface area contributed by atoms with Gasteiger partial charge >= 0.3 is 6.03 Å². The summed E-state index contributed by atoms with van der Waals surface area (Å²) >= 11 is 0. The van der Waals surface area contributed by atoms with Crippen molar-refractivity contribution >= 4 is 11.9 Å². The van der Waals surface area contributed by atoms with Gasteiger partial charge in [-0.2, -0.15) is 0 Å². The van der Waals surface area contributed by atoms with Crippen LogP contribution in [0.5, 0.6) is 0 Å². The number of halogens is 1. The molecule has 3 amide bonds. The fraction of sp³-hybridized carbons (Fsp3) is 0.391. The van der Waals surface area contributed by atoms with Crippen molar-refractivity contribution in [1.29, 1.82) is 0 Å². The summed E-state index contributed by atoms with van der Waals surface area (Å²) < 4.78 is 13.0. The summed E-state index contributed by atoms with van der Waals surface area (Å²) in [5, 5.41) is 2.88. The first-order chi connectivity index (χ1) is 14.0. The molecule has 0 aliphatic carbocycles. The summed E-state index contributed by atoms with van der Waals surface area (Å²) in [6, 6.07) is 14.0. The van der Waals surface area contributed by atoms with Crippen LogP contribution >= 0.6 is 0 Å². The molecule has 1 N–H and O–H groups in total. The number of benzene rings is 2. The summed E-state index contributed by atoms with van der Waals surface area (Å²) in [4.78, 5) is 28.6. The predicted octanol–water partition coefficient (Wildman–Crippen LogP) is 3.12. The van der Waals surface area contributed by atoms with E-state index in [0.29, 0.717) is 25.4 Å². The maximum atomic E-state index is 13.0. The molecule has 1 atom stereocenters. The van der Waals surface area contributed by atoms with Gasteiger partial charge in [0.15, 0.2) is 0 Å². The molecule has 5 nitrogen and oxygen atoms in total. The Morgan fingerprint density at radius 3 is 2.41 bits per heavy atom. The number of hydrogen-bond donors (Lipinski definition) is 1. The van der Waals surface area contributed by atoms with Crippen LogP contribution < -0.4 is 5.32 Å². The number of hydrogen-bond acceptors (Lipinski definition) is 2. The van der Waals surface area contributed by atoms with Gasteiger partial charge in [0.1, 0.15) is 11.9 Å². The number of nitrogens with one attached hydrogen (secondary N) is 1. The molecule has 2 heterocycles. The molecule has 0 saturated carbocycles. The lowest BCUT2D eigenvalue weighted by Gasteiger charge is -2.39. The van der Waals surface area contributed by atoms with Gasteiger partial charge in [-0.05, 0) is 48.9 Å². The molecule has 29 heavy (non-hydrogen) atoms. The molecule has 2 fully saturated rings. The van der Waals surface area contributed by atoms with Crippen molar-refractivity contribution in [1.82, 2.24) is 15.1 Å². The molecule has 2 saturated heterocycles. The Morgan fingerprint density at radius 1 is 1.07 bits per heavy atom. The van der Waals surface area contributed by atoms with Crippen LogP contribution in [0.3, 0.4) is 0 Å². The molecular formula is C23H26FN3O2. The Kier molecular flexibility index (Phi) is 5.51. The number of aryl methyl sites for hydroxylation is 1. The van der Waals surface area contributed by atoms with E-state index in [0.717, 1.165) is 25.1 Å². The zero-order chi connectivity index (χ0) is 20.4. The largest absolute Gasteiger partial charge is 0.336 e. The van der Waals surface area contributed by atoms with Crippen LogP contribution in [0, 0.1) is 18.7 Å². The smallest absolute Gasteiger partial charge is 0.318 e. The number of urea groups is 1. The Hall–Kier alpha value is -2.89. The first-order valence-corrected chi connectivity index (χ1v) is 10.1. The molecule has 0 spiro atoms. The molecule has 0 bridgehead atoms. The second kappa shape index (κ2) is 8.23. The van der Waals surface area contributed by atoms with E-state index in [9.17, 15) is 14.0 Å². The van der Waals surface area contributed by atoms with Crippen LogP contribution in [0.4, 0.5) is 9.18 Å². The van der Waals surface area contributed by atoms with Crippen molar-refractivity contribution in [2.45, 2.75) is 32.4 Å². The lowest BCUT2D eigenvalue weighted by Crippen LogP contribution is -2.57. The molecule has 6 heteroatoms. The van der Waals surface area contributed by atoms with E-state index in [1.165, 1.54) is 23.3 Å². The van der Waals surface area contributed by atoms with Crippen LogP contribution in [0.25, 0.3) is 0 Å². The van der Waals surface area contributed by atoms with E-state index in [1.807, 2.05) is 0 Å². The molecule has 4 rings (SSSR count). The molecular weight excluding hydrogens is 369 g/mol. The quantitative estimate of drug-likeness (QED) is 0.846. The van der Waals surface area contributed by atoms with Gasteiger partial charge in [0.2, 0.25) is 5.91 Å². The average molecular weight is 395 g/mol. The third kappa shape index (κ3) is 4.58. The maximum Gasteiger partial charge on any atom is 0.318 e. The first kappa shape index (κ1) is 19.4. The summed E-state index contributed by atoms with van der Waals surface area (Å²) in [5.74, 6) is 0.110. The highest BCUT2D eigenvalue weighted by Gasteiger charge is 2.36. The van der Waals surface area contributed by atoms with Crippen molar-refractivity contribution in [2.75, 3.05) is 19.6 Å². The van der Waals surface area contributed by atoms with Gasteiger partial charge in [0.05, 0.1) is 0 Å². The molecule has 2 aromatic rings. The third-order valence-electron chi connectivity index (χ3n) is 5.77. The second-order valence-electron chi connectivity index (χ2n) is 8.14. The zero-order valence-corrected chi connectivity index (χ0v) is 16.6. The van der Waals surface area contributed by atoms with Crippen molar-refractivity contribution in [3.05, 3.63) is 71.0 Å². The third-order valence-corrected chi connectivity index (χ3v) is 5.77. The summed E-state index contributed by atoms with van der Waals surface area (Å²) in [7, 11) is 0. The monoisotopic (exact) mass is 395 g/mol.